The van der Waals surface area contributed by atoms with Gasteiger partial charge in [-0.2, -0.15) is 5.10 Å². The first kappa shape index (κ1) is 20.1. The van der Waals surface area contributed by atoms with Crippen LogP contribution < -0.4 is 20.3 Å². The minimum atomic E-state index is -0.265. The van der Waals surface area contributed by atoms with Crippen molar-refractivity contribution in [1.82, 2.24) is 19.3 Å². The lowest BCUT2D eigenvalue weighted by molar-refractivity contribution is -0.116. The molecule has 4 aromatic rings. The third kappa shape index (κ3) is 4.11. The molecule has 2 heterocycles. The summed E-state index contributed by atoms with van der Waals surface area (Å²) in [5, 5.41) is 7.47. The Morgan fingerprint density at radius 3 is 2.65 bits per heavy atom. The minimum Gasteiger partial charge on any atom is -0.497 e. The lowest BCUT2D eigenvalue weighted by atomic mass is 10.2. The number of carbonyl (C=O) groups is 1. The zero-order valence-corrected chi connectivity index (χ0v) is 17.1. The molecule has 4 rings (SSSR count). The van der Waals surface area contributed by atoms with E-state index < -0.39 is 0 Å². The van der Waals surface area contributed by atoms with E-state index in [1.54, 1.807) is 30.0 Å². The van der Waals surface area contributed by atoms with Gasteiger partial charge in [0.05, 0.1) is 38.1 Å². The number of nitrogens with zero attached hydrogens (tertiary/aromatic N) is 4. The molecule has 0 bridgehead atoms. The zero-order chi connectivity index (χ0) is 21.8. The number of rotatable bonds is 7. The van der Waals surface area contributed by atoms with Crippen molar-refractivity contribution in [1.29, 1.82) is 0 Å². The van der Waals surface area contributed by atoms with Gasteiger partial charge < -0.3 is 14.8 Å². The van der Waals surface area contributed by atoms with Crippen molar-refractivity contribution < 1.29 is 14.3 Å². The number of aryl methyl sites for hydroxylation is 1. The molecule has 2 aromatic heterocycles. The number of hydrogen-bond donors (Lipinski definition) is 1. The van der Waals surface area contributed by atoms with Crippen LogP contribution in [0.1, 0.15) is 6.42 Å². The number of anilines is 1. The third-order valence-corrected chi connectivity index (χ3v) is 4.82. The monoisotopic (exact) mass is 419 g/mol. The number of ether oxygens (including phenoxy) is 2. The molecule has 0 fully saturated rings. The molecule has 0 aliphatic heterocycles. The molecule has 0 atom stereocenters. The molecule has 9 heteroatoms. The second kappa shape index (κ2) is 8.70. The number of amides is 1. The average molecular weight is 419 g/mol. The molecular formula is C22H21N5O4. The Balaban J connectivity index is 1.50. The highest BCUT2D eigenvalue weighted by atomic mass is 16.5. The van der Waals surface area contributed by atoms with Crippen molar-refractivity contribution in [2.75, 3.05) is 19.5 Å². The topological polar surface area (TPSA) is 100 Å². The second-order valence-electron chi connectivity index (χ2n) is 6.74. The molecule has 0 spiro atoms. The van der Waals surface area contributed by atoms with E-state index in [0.717, 1.165) is 5.69 Å². The van der Waals surface area contributed by atoms with Crippen LogP contribution in [0.3, 0.4) is 0 Å². The van der Waals surface area contributed by atoms with E-state index in [9.17, 15) is 9.59 Å². The number of para-hydroxylation sites is 1. The fraction of sp³-hybridized carbons (Fsp3) is 0.182. The molecule has 9 nitrogen and oxygen atoms in total. The van der Waals surface area contributed by atoms with Crippen molar-refractivity contribution in [3.8, 4) is 17.2 Å². The van der Waals surface area contributed by atoms with Crippen LogP contribution in [0, 0.1) is 0 Å². The average Bonchev–Trinajstić information content (AvgIpc) is 3.24. The van der Waals surface area contributed by atoms with Crippen LogP contribution in [0.2, 0.25) is 0 Å². The van der Waals surface area contributed by atoms with Gasteiger partial charge >= 0.3 is 0 Å². The quantitative estimate of drug-likeness (QED) is 0.494. The fourth-order valence-electron chi connectivity index (χ4n) is 3.21. The molecule has 31 heavy (non-hydrogen) atoms. The van der Waals surface area contributed by atoms with Crippen LogP contribution in [0.5, 0.6) is 11.5 Å². The van der Waals surface area contributed by atoms with Crippen LogP contribution in [-0.4, -0.2) is 39.5 Å². The van der Waals surface area contributed by atoms with Crippen molar-refractivity contribution in [3.63, 3.8) is 0 Å². The van der Waals surface area contributed by atoms with Gasteiger partial charge in [-0.1, -0.05) is 18.2 Å². The first-order valence-electron chi connectivity index (χ1n) is 9.61. The largest absolute Gasteiger partial charge is 0.497 e. The van der Waals surface area contributed by atoms with E-state index in [0.29, 0.717) is 28.2 Å². The summed E-state index contributed by atoms with van der Waals surface area (Å²) in [5.74, 6) is 0.846. The summed E-state index contributed by atoms with van der Waals surface area (Å²) in [7, 11) is 3.07. The van der Waals surface area contributed by atoms with Gasteiger partial charge in [-0.3, -0.25) is 14.2 Å². The van der Waals surface area contributed by atoms with E-state index in [-0.39, 0.29) is 24.4 Å². The summed E-state index contributed by atoms with van der Waals surface area (Å²) in [6.45, 7) is 0.177. The highest BCUT2D eigenvalue weighted by Gasteiger charge is 2.13. The molecule has 1 amide bonds. The third-order valence-electron chi connectivity index (χ3n) is 4.82. The van der Waals surface area contributed by atoms with Crippen LogP contribution in [0.15, 0.2) is 65.8 Å². The molecule has 158 valence electrons. The summed E-state index contributed by atoms with van der Waals surface area (Å²) in [4.78, 5) is 29.7. The molecule has 0 unspecified atom stereocenters. The highest BCUT2D eigenvalue weighted by Crippen LogP contribution is 2.29. The minimum absolute atomic E-state index is 0.0836. The predicted molar refractivity (Wildman–Crippen MR) is 116 cm³/mol. The Labute approximate surface area is 177 Å². The van der Waals surface area contributed by atoms with E-state index >= 15 is 0 Å². The van der Waals surface area contributed by atoms with Crippen molar-refractivity contribution in [2.45, 2.75) is 13.0 Å². The Bertz CT molecular complexity index is 1280. The Morgan fingerprint density at radius 2 is 1.90 bits per heavy atom. The highest BCUT2D eigenvalue weighted by molar-refractivity contribution is 5.92. The van der Waals surface area contributed by atoms with E-state index in [2.05, 4.69) is 15.4 Å². The molecule has 2 aromatic carbocycles. The number of aromatic nitrogens is 4. The Kier molecular flexibility index (Phi) is 5.65. The van der Waals surface area contributed by atoms with Gasteiger partial charge in [0.1, 0.15) is 16.9 Å². The lowest BCUT2D eigenvalue weighted by Gasteiger charge is -2.12. The number of fused-ring (bicyclic) bond motifs is 1. The van der Waals surface area contributed by atoms with Gasteiger partial charge in [-0.05, 0) is 24.3 Å². The molecular weight excluding hydrogens is 398 g/mol. The Hall–Kier alpha value is -4.14. The normalized spacial score (nSPS) is 10.8. The number of hydrogen-bond acceptors (Lipinski definition) is 6. The number of benzene rings is 2. The summed E-state index contributed by atoms with van der Waals surface area (Å²) in [6.07, 6.45) is 3.01. The van der Waals surface area contributed by atoms with Crippen LogP contribution in [0.4, 0.5) is 5.69 Å². The maximum absolute atomic E-state index is 12.8. The van der Waals surface area contributed by atoms with Crippen molar-refractivity contribution >= 4 is 22.6 Å². The number of methoxy groups -OCH3 is 2. The summed E-state index contributed by atoms with van der Waals surface area (Å²) < 4.78 is 13.5. The van der Waals surface area contributed by atoms with Crippen LogP contribution >= 0.6 is 0 Å². The van der Waals surface area contributed by atoms with Crippen LogP contribution in [0.25, 0.3) is 16.7 Å². The Morgan fingerprint density at radius 1 is 1.10 bits per heavy atom. The fourth-order valence-corrected chi connectivity index (χ4v) is 3.21. The standard InChI is InChI=1S/C22H21N5O4/c1-30-16-8-9-19(31-2)18(12-16)25-20(28)10-11-26-14-23-21-17(22(26)29)13-24-27(21)15-6-4-3-5-7-15/h3-9,12-14H,10-11H2,1-2H3,(H,25,28). The molecule has 0 aliphatic carbocycles. The summed E-state index contributed by atoms with van der Waals surface area (Å²) in [6, 6.07) is 14.6. The van der Waals surface area contributed by atoms with Crippen molar-refractivity contribution in [2.24, 2.45) is 0 Å². The van der Waals surface area contributed by atoms with E-state index in [1.165, 1.54) is 24.2 Å². The summed E-state index contributed by atoms with van der Waals surface area (Å²) >= 11 is 0. The maximum atomic E-state index is 12.8. The second-order valence-corrected chi connectivity index (χ2v) is 6.74. The van der Waals surface area contributed by atoms with Gasteiger partial charge in [0.25, 0.3) is 5.56 Å². The van der Waals surface area contributed by atoms with E-state index in [4.69, 9.17) is 9.47 Å². The van der Waals surface area contributed by atoms with E-state index in [1.807, 2.05) is 30.3 Å². The summed E-state index contributed by atoms with van der Waals surface area (Å²) in [5.41, 5.74) is 1.53. The smallest absolute Gasteiger partial charge is 0.264 e. The van der Waals surface area contributed by atoms with Gasteiger partial charge in [-0.15, -0.1) is 0 Å². The van der Waals surface area contributed by atoms with Gasteiger partial charge in [0.15, 0.2) is 5.65 Å². The SMILES string of the molecule is COc1ccc(OC)c(NC(=O)CCn2cnc3c(cnn3-c3ccccc3)c2=O)c1. The maximum Gasteiger partial charge on any atom is 0.264 e. The molecule has 1 N–H and O–H groups in total. The van der Waals surface area contributed by atoms with Crippen molar-refractivity contribution in [3.05, 3.63) is 71.4 Å². The first-order chi connectivity index (χ1) is 15.1. The predicted octanol–water partition coefficient (Wildman–Crippen LogP) is 2.63. The van der Waals surface area contributed by atoms with Gasteiger partial charge in [0, 0.05) is 19.0 Å². The van der Waals surface area contributed by atoms with Gasteiger partial charge in [0.2, 0.25) is 5.91 Å². The lowest BCUT2D eigenvalue weighted by Crippen LogP contribution is -2.23. The number of nitrogens with one attached hydrogen (secondary N) is 1. The molecule has 0 aliphatic rings. The number of carbonyl (C=O) groups excluding carboxylic acids is 1. The van der Waals surface area contributed by atoms with Gasteiger partial charge in [-0.25, -0.2) is 9.67 Å². The van der Waals surface area contributed by atoms with Crippen LogP contribution in [-0.2, 0) is 11.3 Å². The molecule has 0 saturated carbocycles. The molecule has 0 radical (unpaired) electrons. The first-order valence-corrected chi connectivity index (χ1v) is 9.61. The molecule has 0 saturated heterocycles. The zero-order valence-electron chi connectivity index (χ0n) is 17.1.